The zero-order valence-electron chi connectivity index (χ0n) is 14.9. The maximum Gasteiger partial charge on any atom is 0.246 e. The van der Waals surface area contributed by atoms with Crippen molar-refractivity contribution in [3.05, 3.63) is 30.7 Å². The summed E-state index contributed by atoms with van der Waals surface area (Å²) in [6, 6.07) is 0.184. The predicted octanol–water partition coefficient (Wildman–Crippen LogP) is 2.44. The molecule has 2 aliphatic heterocycles. The zero-order chi connectivity index (χ0) is 17.9. The lowest BCUT2D eigenvalue weighted by atomic mass is 9.92. The molecule has 2 fully saturated rings. The number of likely N-dealkylation sites (tertiary alicyclic amines) is 1. The average molecular weight is 355 g/mol. The molecule has 4 heterocycles. The Balaban J connectivity index is 1.59. The fourth-order valence-corrected chi connectivity index (χ4v) is 4.04. The predicted molar refractivity (Wildman–Crippen MR) is 100 cm³/mol. The smallest absolute Gasteiger partial charge is 0.246 e. The van der Waals surface area contributed by atoms with E-state index < -0.39 is 0 Å². The van der Waals surface area contributed by atoms with Crippen LogP contribution in [0, 0.1) is 0 Å². The maximum absolute atomic E-state index is 11.9. The van der Waals surface area contributed by atoms with Crippen molar-refractivity contribution in [3.8, 4) is 0 Å². The second kappa shape index (κ2) is 7.45. The normalized spacial score (nSPS) is 21.7. The number of aromatic amines is 1. The van der Waals surface area contributed by atoms with Crippen LogP contribution in [0.15, 0.2) is 25.2 Å². The first-order chi connectivity index (χ1) is 12.8. The summed E-state index contributed by atoms with van der Waals surface area (Å²) < 4.78 is 5.50. The summed E-state index contributed by atoms with van der Waals surface area (Å²) in [5, 5.41) is 4.64. The van der Waals surface area contributed by atoms with Gasteiger partial charge in [0.2, 0.25) is 5.91 Å². The number of rotatable bonds is 4. The van der Waals surface area contributed by atoms with E-state index in [4.69, 9.17) is 4.74 Å². The Morgan fingerprint density at radius 2 is 2.19 bits per heavy atom. The molecule has 2 aromatic rings. The maximum atomic E-state index is 11.9. The minimum Gasteiger partial charge on any atom is -0.381 e. The highest BCUT2D eigenvalue weighted by atomic mass is 16.5. The molecule has 0 radical (unpaired) electrons. The van der Waals surface area contributed by atoms with Crippen LogP contribution in [0.5, 0.6) is 0 Å². The number of hydrogen-bond acceptors (Lipinski definition) is 5. The number of H-pyrrole nitrogens is 1. The van der Waals surface area contributed by atoms with Crippen molar-refractivity contribution < 1.29 is 9.53 Å². The van der Waals surface area contributed by atoms with Gasteiger partial charge in [0.1, 0.15) is 17.8 Å². The molecule has 7 nitrogen and oxygen atoms in total. The molecule has 26 heavy (non-hydrogen) atoms. The highest BCUT2D eigenvalue weighted by Crippen LogP contribution is 2.35. The Hall–Kier alpha value is -2.41. The molecule has 0 spiro atoms. The number of amides is 1. The summed E-state index contributed by atoms with van der Waals surface area (Å²) in [4.78, 5) is 26.0. The molecule has 2 aromatic heterocycles. The van der Waals surface area contributed by atoms with E-state index in [1.807, 2.05) is 4.90 Å². The van der Waals surface area contributed by atoms with E-state index in [1.165, 1.54) is 11.6 Å². The molecule has 1 amide bonds. The highest BCUT2D eigenvalue weighted by Gasteiger charge is 2.25. The van der Waals surface area contributed by atoms with Crippen molar-refractivity contribution in [2.75, 3.05) is 31.6 Å². The average Bonchev–Trinajstić information content (AvgIpc) is 3.13. The molecule has 2 saturated heterocycles. The lowest BCUT2D eigenvalue weighted by molar-refractivity contribution is -0.127. The van der Waals surface area contributed by atoms with E-state index in [1.54, 1.807) is 6.33 Å². The second-order valence-corrected chi connectivity index (χ2v) is 7.05. The number of fused-ring (bicyclic) bond motifs is 1. The summed E-state index contributed by atoms with van der Waals surface area (Å²) in [5.41, 5.74) is 2.13. The van der Waals surface area contributed by atoms with E-state index in [9.17, 15) is 4.79 Å². The molecule has 0 bridgehead atoms. The molecule has 0 aromatic carbocycles. The Morgan fingerprint density at radius 3 is 3.00 bits per heavy atom. The topological polar surface area (TPSA) is 83.1 Å². The van der Waals surface area contributed by atoms with E-state index in [0.29, 0.717) is 12.5 Å². The zero-order valence-corrected chi connectivity index (χ0v) is 14.9. The lowest BCUT2D eigenvalue weighted by Gasteiger charge is -2.33. The summed E-state index contributed by atoms with van der Waals surface area (Å²) >= 11 is 0. The van der Waals surface area contributed by atoms with Crippen molar-refractivity contribution in [2.45, 2.75) is 37.6 Å². The minimum atomic E-state index is -0.00567. The van der Waals surface area contributed by atoms with Crippen molar-refractivity contribution in [1.82, 2.24) is 19.9 Å². The molecule has 1 atom stereocenters. The van der Waals surface area contributed by atoms with Crippen molar-refractivity contribution in [3.63, 3.8) is 0 Å². The molecule has 0 unspecified atom stereocenters. The Bertz CT molecular complexity index is 796. The number of anilines is 1. The van der Waals surface area contributed by atoms with Crippen LogP contribution >= 0.6 is 0 Å². The first-order valence-corrected chi connectivity index (χ1v) is 9.34. The van der Waals surface area contributed by atoms with Gasteiger partial charge in [-0.1, -0.05) is 6.58 Å². The van der Waals surface area contributed by atoms with Crippen molar-refractivity contribution >= 4 is 22.8 Å². The second-order valence-electron chi connectivity index (χ2n) is 7.05. The van der Waals surface area contributed by atoms with Gasteiger partial charge in [-0.2, -0.15) is 0 Å². The van der Waals surface area contributed by atoms with Gasteiger partial charge in [-0.3, -0.25) is 4.79 Å². The largest absolute Gasteiger partial charge is 0.381 e. The number of aromatic nitrogens is 3. The van der Waals surface area contributed by atoms with Gasteiger partial charge in [0.25, 0.3) is 0 Å². The third-order valence-electron chi connectivity index (χ3n) is 5.41. The molecular formula is C19H25N5O2. The Morgan fingerprint density at radius 1 is 1.35 bits per heavy atom. The van der Waals surface area contributed by atoms with Gasteiger partial charge >= 0.3 is 0 Å². The third kappa shape index (κ3) is 3.31. The highest BCUT2D eigenvalue weighted by molar-refractivity contribution is 5.91. The van der Waals surface area contributed by atoms with Gasteiger partial charge in [0, 0.05) is 38.5 Å². The molecule has 0 saturated carbocycles. The monoisotopic (exact) mass is 355 g/mol. The molecule has 2 aliphatic rings. The summed E-state index contributed by atoms with van der Waals surface area (Å²) in [6.45, 7) is 6.66. The van der Waals surface area contributed by atoms with Gasteiger partial charge < -0.3 is 19.9 Å². The molecule has 2 N–H and O–H groups in total. The van der Waals surface area contributed by atoms with E-state index in [2.05, 4.69) is 33.0 Å². The lowest BCUT2D eigenvalue weighted by Crippen LogP contribution is -2.44. The molecule has 7 heteroatoms. The first kappa shape index (κ1) is 17.0. The van der Waals surface area contributed by atoms with Crippen molar-refractivity contribution in [1.29, 1.82) is 0 Å². The first-order valence-electron chi connectivity index (χ1n) is 9.34. The number of nitrogens with one attached hydrogen (secondary N) is 2. The van der Waals surface area contributed by atoms with Crippen LogP contribution < -0.4 is 5.32 Å². The van der Waals surface area contributed by atoms with Crippen LogP contribution in [0.2, 0.25) is 0 Å². The summed E-state index contributed by atoms with van der Waals surface area (Å²) in [5.74, 6) is 1.32. The van der Waals surface area contributed by atoms with E-state index in [0.717, 1.165) is 62.3 Å². The van der Waals surface area contributed by atoms with Crippen LogP contribution in [0.4, 0.5) is 5.82 Å². The van der Waals surface area contributed by atoms with Crippen LogP contribution in [0.3, 0.4) is 0 Å². The fourth-order valence-electron chi connectivity index (χ4n) is 4.04. The van der Waals surface area contributed by atoms with Gasteiger partial charge in [-0.15, -0.1) is 0 Å². The molecular weight excluding hydrogens is 330 g/mol. The van der Waals surface area contributed by atoms with Gasteiger partial charge in [-0.25, -0.2) is 9.97 Å². The number of hydrogen-bond donors (Lipinski definition) is 2. The standard InChI is InChI=1S/C19H25N5O2/c1-2-16(25)24-7-3-4-14(11-24)23-19-17-15(13-5-8-26-9-6-13)10-20-18(17)21-12-22-19/h2,10,12-14H,1,3-9,11H2,(H2,20,21,22,23)/t14-/m1/s1. The van der Waals surface area contributed by atoms with Crippen LogP contribution in [-0.2, 0) is 9.53 Å². The van der Waals surface area contributed by atoms with Crippen LogP contribution in [0.1, 0.15) is 37.2 Å². The Kier molecular flexibility index (Phi) is 4.88. The number of nitrogens with zero attached hydrogens (tertiary/aromatic N) is 3. The van der Waals surface area contributed by atoms with Gasteiger partial charge in [0.05, 0.1) is 5.39 Å². The van der Waals surface area contributed by atoms with Crippen LogP contribution in [-0.4, -0.2) is 58.1 Å². The van der Waals surface area contributed by atoms with Gasteiger partial charge in [-0.05, 0) is 43.2 Å². The Labute approximate surface area is 152 Å². The number of carbonyl (C=O) groups excluding carboxylic acids is 1. The molecule has 0 aliphatic carbocycles. The van der Waals surface area contributed by atoms with E-state index in [-0.39, 0.29) is 11.9 Å². The van der Waals surface area contributed by atoms with Gasteiger partial charge in [0.15, 0.2) is 0 Å². The SMILES string of the molecule is C=CC(=O)N1CCC[C@@H](Nc2ncnc3[nH]cc(C4CCOCC4)c23)C1. The summed E-state index contributed by atoms with van der Waals surface area (Å²) in [6.07, 6.45) is 9.08. The quantitative estimate of drug-likeness (QED) is 0.823. The van der Waals surface area contributed by atoms with Crippen LogP contribution in [0.25, 0.3) is 11.0 Å². The fraction of sp³-hybridized carbons (Fsp3) is 0.526. The number of carbonyl (C=O) groups is 1. The van der Waals surface area contributed by atoms with Crippen molar-refractivity contribution in [2.24, 2.45) is 0 Å². The molecule has 138 valence electrons. The number of ether oxygens (including phenoxy) is 1. The molecule has 4 rings (SSSR count). The minimum absolute atomic E-state index is 0.00567. The third-order valence-corrected chi connectivity index (χ3v) is 5.41. The number of piperidine rings is 1. The summed E-state index contributed by atoms with van der Waals surface area (Å²) in [7, 11) is 0. The van der Waals surface area contributed by atoms with E-state index >= 15 is 0 Å².